The van der Waals surface area contributed by atoms with Crippen LogP contribution in [0.2, 0.25) is 5.02 Å². The van der Waals surface area contributed by atoms with Gasteiger partial charge in [0.15, 0.2) is 0 Å². The first kappa shape index (κ1) is 14.1. The minimum Gasteiger partial charge on any atom is -0.474 e. The Hall–Kier alpha value is -1.85. The van der Waals surface area contributed by atoms with E-state index in [-0.39, 0.29) is 5.70 Å². The second-order valence-electron chi connectivity index (χ2n) is 4.53. The number of halogens is 2. The van der Waals surface area contributed by atoms with Crippen molar-refractivity contribution in [3.8, 4) is 5.75 Å². The molecule has 2 aromatic rings. The highest BCUT2D eigenvalue weighted by molar-refractivity contribution is 9.10. The second-order valence-corrected chi connectivity index (χ2v) is 5.85. The number of hydrogen-bond acceptors (Lipinski definition) is 3. The number of hydrogen-bond donors (Lipinski definition) is 0. The highest BCUT2D eigenvalue weighted by Gasteiger charge is 2.34. The third-order valence-electron chi connectivity index (χ3n) is 3.19. The molecular weight excluding hydrogens is 358 g/mol. The summed E-state index contributed by atoms with van der Waals surface area (Å²) in [5.74, 6) is 0.591. The maximum atomic E-state index is 11.3. The van der Waals surface area contributed by atoms with Crippen LogP contribution in [0.15, 0.2) is 52.6 Å². The van der Waals surface area contributed by atoms with Crippen molar-refractivity contribution < 1.29 is 9.66 Å². The summed E-state index contributed by atoms with van der Waals surface area (Å²) < 4.78 is 6.65. The molecule has 6 heteroatoms. The van der Waals surface area contributed by atoms with Crippen molar-refractivity contribution >= 4 is 33.6 Å². The summed E-state index contributed by atoms with van der Waals surface area (Å²) in [6.45, 7) is 0. The lowest BCUT2D eigenvalue weighted by Gasteiger charge is -2.23. The Morgan fingerprint density at radius 1 is 1.24 bits per heavy atom. The molecular formula is C15H9BrClNO3. The van der Waals surface area contributed by atoms with Crippen molar-refractivity contribution in [1.82, 2.24) is 0 Å². The van der Waals surface area contributed by atoms with Crippen LogP contribution in [0.5, 0.6) is 5.75 Å². The molecule has 3 rings (SSSR count). The second kappa shape index (κ2) is 5.50. The van der Waals surface area contributed by atoms with Gasteiger partial charge in [-0.25, -0.2) is 0 Å². The molecule has 0 saturated carbocycles. The number of benzene rings is 2. The summed E-state index contributed by atoms with van der Waals surface area (Å²) >= 11 is 9.49. The monoisotopic (exact) mass is 365 g/mol. The van der Waals surface area contributed by atoms with E-state index in [1.165, 1.54) is 6.08 Å². The smallest absolute Gasteiger partial charge is 0.291 e. The Morgan fingerprint density at radius 2 is 2.00 bits per heavy atom. The number of ether oxygens (including phenoxy) is 1. The van der Waals surface area contributed by atoms with Gasteiger partial charge >= 0.3 is 0 Å². The fourth-order valence-electron chi connectivity index (χ4n) is 2.22. The minimum atomic E-state index is -0.817. The Labute approximate surface area is 134 Å². The van der Waals surface area contributed by atoms with E-state index in [9.17, 15) is 10.1 Å². The maximum absolute atomic E-state index is 11.3. The van der Waals surface area contributed by atoms with E-state index < -0.39 is 11.0 Å². The normalized spacial score (nSPS) is 16.7. The van der Waals surface area contributed by atoms with Crippen molar-refractivity contribution in [2.24, 2.45) is 0 Å². The van der Waals surface area contributed by atoms with Crippen LogP contribution in [0.4, 0.5) is 0 Å². The number of fused-ring (bicyclic) bond motifs is 1. The molecule has 0 saturated heterocycles. The molecule has 1 aliphatic heterocycles. The zero-order valence-corrected chi connectivity index (χ0v) is 13.0. The highest BCUT2D eigenvalue weighted by Crippen LogP contribution is 2.40. The van der Waals surface area contributed by atoms with E-state index in [1.54, 1.807) is 36.4 Å². The maximum Gasteiger partial charge on any atom is 0.291 e. The average molecular weight is 367 g/mol. The quantitative estimate of drug-likeness (QED) is 0.564. The molecule has 0 unspecified atom stereocenters. The number of rotatable bonds is 2. The van der Waals surface area contributed by atoms with Crippen molar-refractivity contribution in [3.63, 3.8) is 0 Å². The molecule has 1 atom stereocenters. The van der Waals surface area contributed by atoms with E-state index in [0.717, 1.165) is 4.47 Å². The van der Waals surface area contributed by atoms with Crippen LogP contribution in [-0.4, -0.2) is 4.92 Å². The fourth-order valence-corrected chi connectivity index (χ4v) is 2.83. The zero-order valence-electron chi connectivity index (χ0n) is 10.6. The number of nitro groups is 1. The molecule has 0 bridgehead atoms. The highest BCUT2D eigenvalue weighted by atomic mass is 79.9. The average Bonchev–Trinajstić information content (AvgIpc) is 2.46. The predicted molar refractivity (Wildman–Crippen MR) is 83.9 cm³/mol. The van der Waals surface area contributed by atoms with Gasteiger partial charge in [0, 0.05) is 26.7 Å². The largest absolute Gasteiger partial charge is 0.474 e. The third kappa shape index (κ3) is 2.66. The van der Waals surface area contributed by atoms with Crippen LogP contribution in [0, 0.1) is 10.1 Å². The molecule has 0 aliphatic carbocycles. The molecule has 0 spiro atoms. The van der Waals surface area contributed by atoms with Gasteiger partial charge in [-0.2, -0.15) is 0 Å². The molecule has 4 nitrogen and oxygen atoms in total. The van der Waals surface area contributed by atoms with Gasteiger partial charge in [-0.1, -0.05) is 45.7 Å². The summed E-state index contributed by atoms with van der Waals surface area (Å²) in [4.78, 5) is 10.9. The molecule has 1 heterocycles. The topological polar surface area (TPSA) is 52.4 Å². The molecule has 0 amide bonds. The van der Waals surface area contributed by atoms with E-state index in [0.29, 0.717) is 21.9 Å². The van der Waals surface area contributed by atoms with E-state index in [1.807, 2.05) is 6.07 Å². The first-order valence-electron chi connectivity index (χ1n) is 6.13. The van der Waals surface area contributed by atoms with Crippen molar-refractivity contribution in [1.29, 1.82) is 0 Å². The zero-order chi connectivity index (χ0) is 15.0. The molecule has 106 valence electrons. The lowest BCUT2D eigenvalue weighted by atomic mass is 10.0. The van der Waals surface area contributed by atoms with Gasteiger partial charge in [0.2, 0.25) is 6.10 Å². The fraction of sp³-hybridized carbons (Fsp3) is 0.0667. The summed E-state index contributed by atoms with van der Waals surface area (Å²) in [5, 5.41) is 11.8. The minimum absolute atomic E-state index is 0.0336. The van der Waals surface area contributed by atoms with Crippen LogP contribution >= 0.6 is 27.5 Å². The molecule has 0 radical (unpaired) electrons. The molecule has 1 aliphatic rings. The standard InChI is InChI=1S/C15H9BrClNO3/c16-10-5-6-14-9(7-10)8-13(18(19)20)15(21-14)11-3-1-2-4-12(11)17/h1-8,15H/t15-/m0/s1. The van der Waals surface area contributed by atoms with Crippen molar-refractivity contribution in [2.45, 2.75) is 6.10 Å². The molecule has 21 heavy (non-hydrogen) atoms. The first-order chi connectivity index (χ1) is 10.1. The predicted octanol–water partition coefficient (Wildman–Crippen LogP) is 4.85. The third-order valence-corrected chi connectivity index (χ3v) is 4.02. The van der Waals surface area contributed by atoms with E-state index >= 15 is 0 Å². The van der Waals surface area contributed by atoms with E-state index in [2.05, 4.69) is 15.9 Å². The van der Waals surface area contributed by atoms with Gasteiger partial charge in [-0.3, -0.25) is 10.1 Å². The molecule has 0 aromatic heterocycles. The number of nitrogens with zero attached hydrogens (tertiary/aromatic N) is 1. The summed E-state index contributed by atoms with van der Waals surface area (Å²) in [5.41, 5.74) is 1.21. The molecule has 0 fully saturated rings. The van der Waals surface area contributed by atoms with Gasteiger partial charge < -0.3 is 4.74 Å². The van der Waals surface area contributed by atoms with Crippen LogP contribution in [-0.2, 0) is 0 Å². The SMILES string of the molecule is O=[N+]([O-])C1=Cc2cc(Br)ccc2O[C@H]1c1ccccc1Cl. The lowest BCUT2D eigenvalue weighted by Crippen LogP contribution is -2.20. The summed E-state index contributed by atoms with van der Waals surface area (Å²) in [7, 11) is 0. The van der Waals surface area contributed by atoms with Gasteiger partial charge in [-0.05, 0) is 24.3 Å². The Balaban J connectivity index is 2.14. The van der Waals surface area contributed by atoms with Gasteiger partial charge in [0.05, 0.1) is 4.92 Å². The Morgan fingerprint density at radius 3 is 2.71 bits per heavy atom. The lowest BCUT2D eigenvalue weighted by molar-refractivity contribution is -0.434. The Bertz CT molecular complexity index is 760. The molecule has 2 aromatic carbocycles. The van der Waals surface area contributed by atoms with Crippen LogP contribution in [0.3, 0.4) is 0 Å². The molecule has 0 N–H and O–H groups in total. The van der Waals surface area contributed by atoms with Gasteiger partial charge in [0.25, 0.3) is 5.70 Å². The van der Waals surface area contributed by atoms with Crippen LogP contribution in [0.25, 0.3) is 6.08 Å². The van der Waals surface area contributed by atoms with Gasteiger partial charge in [-0.15, -0.1) is 0 Å². The first-order valence-corrected chi connectivity index (χ1v) is 7.30. The van der Waals surface area contributed by atoms with E-state index in [4.69, 9.17) is 16.3 Å². The van der Waals surface area contributed by atoms with Crippen LogP contribution in [0.1, 0.15) is 17.2 Å². The van der Waals surface area contributed by atoms with Crippen LogP contribution < -0.4 is 4.74 Å². The summed E-state index contributed by atoms with van der Waals surface area (Å²) in [6, 6.07) is 12.4. The Kier molecular flexibility index (Phi) is 3.69. The van der Waals surface area contributed by atoms with Gasteiger partial charge in [0.1, 0.15) is 5.75 Å². The van der Waals surface area contributed by atoms with Crippen molar-refractivity contribution in [2.75, 3.05) is 0 Å². The summed E-state index contributed by atoms with van der Waals surface area (Å²) in [6.07, 6.45) is 0.708. The van der Waals surface area contributed by atoms with Crippen molar-refractivity contribution in [3.05, 3.63) is 78.9 Å².